The van der Waals surface area contributed by atoms with Crippen LogP contribution in [0.2, 0.25) is 0 Å². The Hall–Kier alpha value is -1.92. The summed E-state index contributed by atoms with van der Waals surface area (Å²) in [6, 6.07) is 7.89. The zero-order chi connectivity index (χ0) is 20.7. The number of nitrogens with one attached hydrogen (secondary N) is 2. The van der Waals surface area contributed by atoms with Crippen molar-refractivity contribution in [3.63, 3.8) is 0 Å². The van der Waals surface area contributed by atoms with Gasteiger partial charge in [0.2, 0.25) is 11.8 Å². The second-order valence-corrected chi connectivity index (χ2v) is 8.65. The Kier molecular flexibility index (Phi) is 8.01. The van der Waals surface area contributed by atoms with Gasteiger partial charge in [0.05, 0.1) is 12.6 Å². The molecule has 2 N–H and O–H groups in total. The van der Waals surface area contributed by atoms with Crippen molar-refractivity contribution >= 4 is 17.5 Å². The molecule has 0 aromatic heterocycles. The van der Waals surface area contributed by atoms with E-state index in [1.54, 1.807) is 0 Å². The van der Waals surface area contributed by atoms with Crippen LogP contribution in [0.25, 0.3) is 0 Å². The van der Waals surface area contributed by atoms with Gasteiger partial charge in [0, 0.05) is 38.4 Å². The Balaban J connectivity index is 1.80. The fourth-order valence-corrected chi connectivity index (χ4v) is 3.30. The second kappa shape index (κ2) is 10.0. The number of amides is 2. The average molecular weight is 389 g/mol. The van der Waals surface area contributed by atoms with Gasteiger partial charge in [-0.25, -0.2) is 0 Å². The molecule has 1 aliphatic rings. The lowest BCUT2D eigenvalue weighted by atomic mass is 9.87. The molecule has 1 saturated heterocycles. The fourth-order valence-electron chi connectivity index (χ4n) is 3.30. The average Bonchev–Trinajstić information content (AvgIpc) is 2.66. The molecule has 156 valence electrons. The van der Waals surface area contributed by atoms with E-state index in [4.69, 9.17) is 0 Å². The Morgan fingerprint density at radius 1 is 1.07 bits per heavy atom. The molecule has 0 bridgehead atoms. The van der Waals surface area contributed by atoms with Crippen LogP contribution in [-0.2, 0) is 15.0 Å². The molecule has 1 aromatic rings. The lowest BCUT2D eigenvalue weighted by Gasteiger charge is -2.37. The molecule has 1 unspecified atom stereocenters. The van der Waals surface area contributed by atoms with Crippen LogP contribution < -0.4 is 10.6 Å². The Labute approximate surface area is 169 Å². The predicted molar refractivity (Wildman–Crippen MR) is 115 cm³/mol. The van der Waals surface area contributed by atoms with E-state index in [2.05, 4.69) is 53.3 Å². The number of piperazine rings is 1. The van der Waals surface area contributed by atoms with E-state index in [1.807, 2.05) is 26.0 Å². The van der Waals surface area contributed by atoms with Crippen LogP contribution in [0.1, 0.15) is 46.6 Å². The van der Waals surface area contributed by atoms with Crippen LogP contribution in [0.15, 0.2) is 24.3 Å². The van der Waals surface area contributed by atoms with Crippen molar-refractivity contribution in [3.05, 3.63) is 29.8 Å². The van der Waals surface area contributed by atoms with Crippen LogP contribution in [-0.4, -0.2) is 66.9 Å². The first-order chi connectivity index (χ1) is 13.2. The number of rotatable bonds is 7. The van der Waals surface area contributed by atoms with Gasteiger partial charge in [-0.15, -0.1) is 0 Å². The van der Waals surface area contributed by atoms with Gasteiger partial charge in [-0.2, -0.15) is 0 Å². The van der Waals surface area contributed by atoms with Crippen LogP contribution in [0.4, 0.5) is 5.69 Å². The summed E-state index contributed by atoms with van der Waals surface area (Å²) < 4.78 is 0. The van der Waals surface area contributed by atoms with Gasteiger partial charge >= 0.3 is 0 Å². The first-order valence-corrected chi connectivity index (χ1v) is 10.3. The second-order valence-electron chi connectivity index (χ2n) is 8.65. The van der Waals surface area contributed by atoms with Gasteiger partial charge in [-0.05, 0) is 36.5 Å². The molecule has 1 aliphatic heterocycles. The maximum Gasteiger partial charge on any atom is 0.241 e. The van der Waals surface area contributed by atoms with Gasteiger partial charge in [-0.1, -0.05) is 39.8 Å². The quantitative estimate of drug-likeness (QED) is 0.753. The van der Waals surface area contributed by atoms with Gasteiger partial charge in [0.25, 0.3) is 0 Å². The van der Waals surface area contributed by atoms with Gasteiger partial charge < -0.3 is 10.6 Å². The molecule has 1 aromatic carbocycles. The summed E-state index contributed by atoms with van der Waals surface area (Å²) in [4.78, 5) is 28.8. The summed E-state index contributed by atoms with van der Waals surface area (Å²) >= 11 is 0. The van der Waals surface area contributed by atoms with E-state index in [-0.39, 0.29) is 23.3 Å². The molecule has 0 spiro atoms. The summed E-state index contributed by atoms with van der Waals surface area (Å²) in [6.07, 6.45) is 0.949. The van der Waals surface area contributed by atoms with E-state index in [9.17, 15) is 9.59 Å². The summed E-state index contributed by atoms with van der Waals surface area (Å²) in [6.45, 7) is 14.9. The summed E-state index contributed by atoms with van der Waals surface area (Å²) in [5, 5.41) is 5.94. The van der Waals surface area contributed by atoms with Gasteiger partial charge in [-0.3, -0.25) is 19.4 Å². The van der Waals surface area contributed by atoms with E-state index in [0.29, 0.717) is 6.54 Å². The third kappa shape index (κ3) is 6.60. The molecule has 0 radical (unpaired) electrons. The molecule has 2 rings (SSSR count). The third-order valence-corrected chi connectivity index (χ3v) is 5.29. The van der Waals surface area contributed by atoms with Crippen molar-refractivity contribution in [3.8, 4) is 0 Å². The number of hydrogen-bond acceptors (Lipinski definition) is 4. The molecular formula is C22H36N4O2. The Bertz CT molecular complexity index is 643. The van der Waals surface area contributed by atoms with Crippen molar-refractivity contribution in [2.24, 2.45) is 0 Å². The van der Waals surface area contributed by atoms with Crippen LogP contribution in [0.5, 0.6) is 0 Å². The number of hydrogen-bond donors (Lipinski definition) is 2. The van der Waals surface area contributed by atoms with Gasteiger partial charge in [0.15, 0.2) is 0 Å². The van der Waals surface area contributed by atoms with Crippen molar-refractivity contribution in [1.29, 1.82) is 0 Å². The normalized spacial score (nSPS) is 17.2. The number of anilines is 1. The van der Waals surface area contributed by atoms with E-state index in [0.717, 1.165) is 44.8 Å². The molecular weight excluding hydrogens is 352 g/mol. The standard InChI is InChI=1S/C22H36N4O2/c1-6-11-23-20(27)16-25-12-14-26(15-13-25)17(2)21(28)24-19-9-7-18(8-10-19)22(3,4)5/h7-10,17H,6,11-16H2,1-5H3,(H,23,27)(H,24,28). The van der Waals surface area contributed by atoms with Crippen molar-refractivity contribution < 1.29 is 9.59 Å². The van der Waals surface area contributed by atoms with Gasteiger partial charge in [0.1, 0.15) is 0 Å². The molecule has 2 amide bonds. The molecule has 0 aliphatic carbocycles. The highest BCUT2D eigenvalue weighted by Gasteiger charge is 2.26. The zero-order valence-corrected chi connectivity index (χ0v) is 18.0. The number of nitrogens with zero attached hydrogens (tertiary/aromatic N) is 2. The SMILES string of the molecule is CCCNC(=O)CN1CCN(C(C)C(=O)Nc2ccc(C(C)(C)C)cc2)CC1. The lowest BCUT2D eigenvalue weighted by Crippen LogP contribution is -2.54. The first kappa shape index (κ1) is 22.4. The highest BCUT2D eigenvalue weighted by Crippen LogP contribution is 2.23. The first-order valence-electron chi connectivity index (χ1n) is 10.3. The molecule has 1 fully saturated rings. The van der Waals surface area contributed by atoms with Crippen LogP contribution in [0, 0.1) is 0 Å². The molecule has 28 heavy (non-hydrogen) atoms. The minimum Gasteiger partial charge on any atom is -0.355 e. The molecule has 6 nitrogen and oxygen atoms in total. The van der Waals surface area contributed by atoms with E-state index in [1.165, 1.54) is 5.56 Å². The topological polar surface area (TPSA) is 64.7 Å². The molecule has 0 saturated carbocycles. The summed E-state index contributed by atoms with van der Waals surface area (Å²) in [5.41, 5.74) is 2.18. The minimum absolute atomic E-state index is 0.0117. The van der Waals surface area contributed by atoms with E-state index >= 15 is 0 Å². The van der Waals surface area contributed by atoms with Crippen molar-refractivity contribution in [1.82, 2.24) is 15.1 Å². The Morgan fingerprint density at radius 2 is 1.68 bits per heavy atom. The third-order valence-electron chi connectivity index (χ3n) is 5.29. The van der Waals surface area contributed by atoms with E-state index < -0.39 is 0 Å². The minimum atomic E-state index is -0.196. The monoisotopic (exact) mass is 388 g/mol. The highest BCUT2D eigenvalue weighted by atomic mass is 16.2. The molecule has 1 heterocycles. The molecule has 1 atom stereocenters. The maximum absolute atomic E-state index is 12.6. The van der Waals surface area contributed by atoms with Crippen LogP contribution in [0.3, 0.4) is 0 Å². The van der Waals surface area contributed by atoms with Crippen molar-refractivity contribution in [2.45, 2.75) is 52.5 Å². The molecule has 6 heteroatoms. The predicted octanol–water partition coefficient (Wildman–Crippen LogP) is 2.45. The van der Waals surface area contributed by atoms with Crippen molar-refractivity contribution in [2.75, 3.05) is 44.6 Å². The maximum atomic E-state index is 12.6. The zero-order valence-electron chi connectivity index (χ0n) is 18.0. The highest BCUT2D eigenvalue weighted by molar-refractivity contribution is 5.94. The lowest BCUT2D eigenvalue weighted by molar-refractivity contribution is -0.124. The Morgan fingerprint density at radius 3 is 2.21 bits per heavy atom. The fraction of sp³-hybridized carbons (Fsp3) is 0.636. The number of carbonyl (C=O) groups is 2. The van der Waals surface area contributed by atoms with Crippen LogP contribution >= 0.6 is 0 Å². The summed E-state index contributed by atoms with van der Waals surface area (Å²) in [7, 11) is 0. The smallest absolute Gasteiger partial charge is 0.241 e. The number of benzene rings is 1. The largest absolute Gasteiger partial charge is 0.355 e. The summed E-state index contributed by atoms with van der Waals surface area (Å²) in [5.74, 6) is 0.0949. The number of carbonyl (C=O) groups excluding carboxylic acids is 2.